The first-order valence-electron chi connectivity index (χ1n) is 7.11. The summed E-state index contributed by atoms with van der Waals surface area (Å²) in [5, 5.41) is 7.99. The second-order valence-corrected chi connectivity index (χ2v) is 5.50. The standard InChI is InChI=1S/C14H26N4/c1-4-18-14(8-12(2)16-18)11-17(3)10-13-6-5-7-15-9-13/h8,13,15H,4-7,9-11H2,1-3H3. The first-order chi connectivity index (χ1) is 8.69. The van der Waals surface area contributed by atoms with Crippen molar-refractivity contribution in [2.75, 3.05) is 26.7 Å². The van der Waals surface area contributed by atoms with Crippen LogP contribution in [-0.4, -0.2) is 41.4 Å². The van der Waals surface area contributed by atoms with E-state index in [2.05, 4.69) is 47.0 Å². The smallest absolute Gasteiger partial charge is 0.0597 e. The number of aryl methyl sites for hydroxylation is 2. The van der Waals surface area contributed by atoms with Gasteiger partial charge < -0.3 is 10.2 Å². The number of rotatable bonds is 5. The Labute approximate surface area is 110 Å². The molecule has 2 heterocycles. The van der Waals surface area contributed by atoms with Crippen molar-refractivity contribution in [1.29, 1.82) is 0 Å². The van der Waals surface area contributed by atoms with Crippen LogP contribution in [0.25, 0.3) is 0 Å². The van der Waals surface area contributed by atoms with Gasteiger partial charge in [-0.2, -0.15) is 5.10 Å². The fraction of sp³-hybridized carbons (Fsp3) is 0.786. The molecule has 2 rings (SSSR count). The van der Waals surface area contributed by atoms with E-state index in [1.54, 1.807) is 0 Å². The molecule has 0 saturated carbocycles. The van der Waals surface area contributed by atoms with E-state index in [0.717, 1.165) is 24.7 Å². The average molecular weight is 250 g/mol. The fourth-order valence-corrected chi connectivity index (χ4v) is 2.86. The van der Waals surface area contributed by atoms with Crippen LogP contribution in [0.2, 0.25) is 0 Å². The maximum atomic E-state index is 4.51. The summed E-state index contributed by atoms with van der Waals surface area (Å²) in [7, 11) is 2.22. The van der Waals surface area contributed by atoms with Gasteiger partial charge in [0.05, 0.1) is 11.4 Å². The molecule has 0 aliphatic carbocycles. The first-order valence-corrected chi connectivity index (χ1v) is 7.11. The van der Waals surface area contributed by atoms with E-state index in [9.17, 15) is 0 Å². The van der Waals surface area contributed by atoms with Crippen molar-refractivity contribution in [1.82, 2.24) is 20.0 Å². The van der Waals surface area contributed by atoms with Crippen LogP contribution in [0.15, 0.2) is 6.07 Å². The zero-order chi connectivity index (χ0) is 13.0. The minimum Gasteiger partial charge on any atom is -0.316 e. The van der Waals surface area contributed by atoms with Crippen LogP contribution in [0.1, 0.15) is 31.2 Å². The molecule has 1 unspecified atom stereocenters. The lowest BCUT2D eigenvalue weighted by atomic mass is 9.99. The minimum absolute atomic E-state index is 0.808. The number of nitrogens with zero attached hydrogens (tertiary/aromatic N) is 3. The molecular weight excluding hydrogens is 224 g/mol. The van der Waals surface area contributed by atoms with Gasteiger partial charge in [0.2, 0.25) is 0 Å². The number of nitrogens with one attached hydrogen (secondary N) is 1. The van der Waals surface area contributed by atoms with Gasteiger partial charge >= 0.3 is 0 Å². The fourth-order valence-electron chi connectivity index (χ4n) is 2.86. The highest BCUT2D eigenvalue weighted by atomic mass is 15.3. The second kappa shape index (κ2) is 6.34. The van der Waals surface area contributed by atoms with E-state index in [-0.39, 0.29) is 0 Å². The Morgan fingerprint density at radius 3 is 3.06 bits per heavy atom. The van der Waals surface area contributed by atoms with Crippen molar-refractivity contribution >= 4 is 0 Å². The Balaban J connectivity index is 1.87. The van der Waals surface area contributed by atoms with E-state index >= 15 is 0 Å². The maximum absolute atomic E-state index is 4.51. The summed E-state index contributed by atoms with van der Waals surface area (Å²) in [5.41, 5.74) is 2.46. The van der Waals surface area contributed by atoms with E-state index in [4.69, 9.17) is 0 Å². The third-order valence-corrected chi connectivity index (χ3v) is 3.69. The molecule has 1 aliphatic heterocycles. The van der Waals surface area contributed by atoms with Crippen LogP contribution in [0, 0.1) is 12.8 Å². The lowest BCUT2D eigenvalue weighted by molar-refractivity contribution is 0.232. The number of piperidine rings is 1. The molecule has 1 saturated heterocycles. The van der Waals surface area contributed by atoms with Crippen LogP contribution in [0.4, 0.5) is 0 Å². The monoisotopic (exact) mass is 250 g/mol. The lowest BCUT2D eigenvalue weighted by Gasteiger charge is -2.27. The Bertz CT molecular complexity index is 366. The molecular formula is C14H26N4. The molecule has 1 N–H and O–H groups in total. The molecule has 18 heavy (non-hydrogen) atoms. The van der Waals surface area contributed by atoms with Gasteiger partial charge in [-0.3, -0.25) is 4.68 Å². The molecule has 1 aromatic heterocycles. The van der Waals surface area contributed by atoms with Crippen LogP contribution in [0.3, 0.4) is 0 Å². The van der Waals surface area contributed by atoms with Crippen molar-refractivity contribution in [2.24, 2.45) is 5.92 Å². The summed E-state index contributed by atoms with van der Waals surface area (Å²) < 4.78 is 2.12. The number of hydrogen-bond donors (Lipinski definition) is 1. The SMILES string of the molecule is CCn1nc(C)cc1CN(C)CC1CCCNC1. The van der Waals surface area contributed by atoms with Crippen molar-refractivity contribution in [2.45, 2.75) is 39.8 Å². The van der Waals surface area contributed by atoms with Gasteiger partial charge in [0.15, 0.2) is 0 Å². The van der Waals surface area contributed by atoms with Gasteiger partial charge in [0.25, 0.3) is 0 Å². The summed E-state index contributed by atoms with van der Waals surface area (Å²) in [4.78, 5) is 2.43. The first kappa shape index (κ1) is 13.6. The summed E-state index contributed by atoms with van der Waals surface area (Å²) in [6, 6.07) is 2.21. The van der Waals surface area contributed by atoms with Crippen molar-refractivity contribution < 1.29 is 0 Å². The van der Waals surface area contributed by atoms with Crippen molar-refractivity contribution in [3.8, 4) is 0 Å². The number of aromatic nitrogens is 2. The average Bonchev–Trinajstić information content (AvgIpc) is 2.70. The van der Waals surface area contributed by atoms with E-state index in [0.29, 0.717) is 0 Å². The van der Waals surface area contributed by atoms with Crippen LogP contribution >= 0.6 is 0 Å². The van der Waals surface area contributed by atoms with E-state index in [1.807, 2.05) is 0 Å². The predicted molar refractivity (Wildman–Crippen MR) is 74.6 cm³/mol. The molecule has 0 radical (unpaired) electrons. The largest absolute Gasteiger partial charge is 0.316 e. The summed E-state index contributed by atoms with van der Waals surface area (Å²) >= 11 is 0. The van der Waals surface area contributed by atoms with Crippen LogP contribution in [0.5, 0.6) is 0 Å². The number of hydrogen-bond acceptors (Lipinski definition) is 3. The Kier molecular flexibility index (Phi) is 4.78. The molecule has 0 bridgehead atoms. The molecule has 1 aromatic rings. The predicted octanol–water partition coefficient (Wildman–Crippen LogP) is 1.64. The molecule has 4 nitrogen and oxygen atoms in total. The highest BCUT2D eigenvalue weighted by Gasteiger charge is 2.16. The normalized spacial score (nSPS) is 20.6. The van der Waals surface area contributed by atoms with E-state index < -0.39 is 0 Å². The second-order valence-electron chi connectivity index (χ2n) is 5.50. The van der Waals surface area contributed by atoms with Gasteiger partial charge in [0.1, 0.15) is 0 Å². The lowest BCUT2D eigenvalue weighted by Crippen LogP contribution is -2.36. The Hall–Kier alpha value is -0.870. The van der Waals surface area contributed by atoms with E-state index in [1.165, 1.54) is 38.2 Å². The zero-order valence-corrected chi connectivity index (χ0v) is 11.9. The molecule has 4 heteroatoms. The van der Waals surface area contributed by atoms with Gasteiger partial charge in [-0.1, -0.05) is 0 Å². The molecule has 1 atom stereocenters. The van der Waals surface area contributed by atoms with Crippen LogP contribution < -0.4 is 5.32 Å². The topological polar surface area (TPSA) is 33.1 Å². The highest BCUT2D eigenvalue weighted by Crippen LogP contribution is 2.13. The van der Waals surface area contributed by atoms with Gasteiger partial charge in [0, 0.05) is 19.6 Å². The van der Waals surface area contributed by atoms with Crippen molar-refractivity contribution in [3.63, 3.8) is 0 Å². The molecule has 1 fully saturated rings. The maximum Gasteiger partial charge on any atom is 0.0597 e. The van der Waals surface area contributed by atoms with Crippen molar-refractivity contribution in [3.05, 3.63) is 17.5 Å². The summed E-state index contributed by atoms with van der Waals surface area (Å²) in [6.07, 6.45) is 2.69. The molecule has 102 valence electrons. The summed E-state index contributed by atoms with van der Waals surface area (Å²) in [5.74, 6) is 0.808. The molecule has 0 spiro atoms. The highest BCUT2D eigenvalue weighted by molar-refractivity contribution is 5.08. The summed E-state index contributed by atoms with van der Waals surface area (Å²) in [6.45, 7) is 9.74. The van der Waals surface area contributed by atoms with Crippen LogP contribution in [-0.2, 0) is 13.1 Å². The molecule has 1 aliphatic rings. The quantitative estimate of drug-likeness (QED) is 0.862. The third-order valence-electron chi connectivity index (χ3n) is 3.69. The Morgan fingerprint density at radius 1 is 1.56 bits per heavy atom. The van der Waals surface area contributed by atoms with Gasteiger partial charge in [-0.25, -0.2) is 0 Å². The zero-order valence-electron chi connectivity index (χ0n) is 11.9. The van der Waals surface area contributed by atoms with Gasteiger partial charge in [-0.15, -0.1) is 0 Å². The molecule has 0 amide bonds. The third kappa shape index (κ3) is 3.56. The Morgan fingerprint density at radius 2 is 2.39 bits per heavy atom. The minimum atomic E-state index is 0.808. The van der Waals surface area contributed by atoms with Gasteiger partial charge in [-0.05, 0) is 58.8 Å². The molecule has 0 aromatic carbocycles.